The number of non-ortho nitro benzene ring substituents is 1. The van der Waals surface area contributed by atoms with E-state index in [1.165, 1.54) is 18.5 Å². The van der Waals surface area contributed by atoms with E-state index >= 15 is 0 Å². The van der Waals surface area contributed by atoms with E-state index in [4.69, 9.17) is 0 Å². The Labute approximate surface area is 154 Å². The molecule has 1 aliphatic rings. The third kappa shape index (κ3) is 3.90. The fourth-order valence-corrected chi connectivity index (χ4v) is 3.00. The fraction of sp³-hybridized carbons (Fsp3) is 0.294. The van der Waals surface area contributed by atoms with E-state index in [1.54, 1.807) is 18.3 Å². The van der Waals surface area contributed by atoms with Crippen LogP contribution >= 0.6 is 0 Å². The Morgan fingerprint density at radius 2 is 2.04 bits per heavy atom. The Hall–Kier alpha value is -3.40. The molecule has 27 heavy (non-hydrogen) atoms. The van der Waals surface area contributed by atoms with Gasteiger partial charge in [0.15, 0.2) is 5.82 Å². The molecule has 3 aromatic rings. The van der Waals surface area contributed by atoms with Gasteiger partial charge in [-0.3, -0.25) is 10.1 Å². The number of nitro benzene ring substituents is 1. The zero-order valence-electron chi connectivity index (χ0n) is 14.4. The van der Waals surface area contributed by atoms with Crippen molar-refractivity contribution in [3.8, 4) is 0 Å². The van der Waals surface area contributed by atoms with Crippen LogP contribution in [0.3, 0.4) is 0 Å². The molecule has 0 amide bonds. The van der Waals surface area contributed by atoms with Crippen molar-refractivity contribution in [2.45, 2.75) is 18.9 Å². The lowest BCUT2D eigenvalue weighted by atomic mass is 10.1. The number of rotatable bonds is 5. The van der Waals surface area contributed by atoms with Crippen molar-refractivity contribution in [3.05, 3.63) is 46.9 Å². The molecule has 0 radical (unpaired) electrons. The number of fused-ring (bicyclic) bond motifs is 1. The first-order valence-corrected chi connectivity index (χ1v) is 8.65. The lowest BCUT2D eigenvalue weighted by Crippen LogP contribution is -2.35. The second-order valence-electron chi connectivity index (χ2n) is 6.25. The summed E-state index contributed by atoms with van der Waals surface area (Å²) in [5.41, 5.74) is 1.70. The predicted molar refractivity (Wildman–Crippen MR) is 101 cm³/mol. The minimum Gasteiger partial charge on any atom is -0.351 e. The van der Waals surface area contributed by atoms with E-state index in [9.17, 15) is 10.1 Å². The van der Waals surface area contributed by atoms with E-state index in [0.29, 0.717) is 34.5 Å². The maximum atomic E-state index is 11.0. The molecule has 0 atom stereocenters. The average molecular weight is 366 g/mol. The predicted octanol–water partition coefficient (Wildman–Crippen LogP) is 2.24. The van der Waals surface area contributed by atoms with Crippen LogP contribution in [0.4, 0.5) is 23.1 Å². The quantitative estimate of drug-likeness (QED) is 0.459. The standard InChI is InChI=1S/C17H18N8O2/c26-25(27)13-3-1-2-12(8-13)22-16-15-14(20-10-21-16)9-19-17(24-15)23-11-4-6-18-7-5-11/h1-3,8-11,18H,4-7H2,(H,19,23,24)(H,20,21,22). The average Bonchev–Trinajstić information content (AvgIpc) is 2.69. The van der Waals surface area contributed by atoms with E-state index in [2.05, 4.69) is 35.9 Å². The lowest BCUT2D eigenvalue weighted by Gasteiger charge is -2.23. The summed E-state index contributed by atoms with van der Waals surface area (Å²) in [6.45, 7) is 1.93. The molecule has 1 aromatic carbocycles. The van der Waals surface area contributed by atoms with E-state index < -0.39 is 4.92 Å². The number of hydrogen-bond donors (Lipinski definition) is 3. The zero-order valence-corrected chi connectivity index (χ0v) is 14.4. The molecule has 3 N–H and O–H groups in total. The molecular weight excluding hydrogens is 348 g/mol. The van der Waals surface area contributed by atoms with Crippen LogP contribution in [0.1, 0.15) is 12.8 Å². The molecule has 138 valence electrons. The van der Waals surface area contributed by atoms with Gasteiger partial charge in [-0.05, 0) is 32.0 Å². The number of nitrogens with zero attached hydrogens (tertiary/aromatic N) is 5. The summed E-state index contributed by atoms with van der Waals surface area (Å²) < 4.78 is 0. The Morgan fingerprint density at radius 3 is 2.85 bits per heavy atom. The molecule has 0 unspecified atom stereocenters. The largest absolute Gasteiger partial charge is 0.351 e. The van der Waals surface area contributed by atoms with Crippen LogP contribution < -0.4 is 16.0 Å². The summed E-state index contributed by atoms with van der Waals surface area (Å²) in [6.07, 6.45) is 5.06. The molecule has 10 heteroatoms. The number of nitro groups is 1. The molecule has 0 bridgehead atoms. The Bertz CT molecular complexity index is 974. The highest BCUT2D eigenvalue weighted by Gasteiger charge is 2.15. The normalized spacial score (nSPS) is 14.8. The molecule has 0 spiro atoms. The molecule has 0 saturated carbocycles. The number of aromatic nitrogens is 4. The monoisotopic (exact) mass is 366 g/mol. The highest BCUT2D eigenvalue weighted by Crippen LogP contribution is 2.24. The Kier molecular flexibility index (Phi) is 4.71. The number of nitrogens with one attached hydrogen (secondary N) is 3. The molecule has 3 heterocycles. The van der Waals surface area contributed by atoms with Crippen molar-refractivity contribution in [2.24, 2.45) is 0 Å². The van der Waals surface area contributed by atoms with Gasteiger partial charge >= 0.3 is 0 Å². The van der Waals surface area contributed by atoms with Gasteiger partial charge in [0.1, 0.15) is 17.4 Å². The molecular formula is C17H18N8O2. The second-order valence-corrected chi connectivity index (χ2v) is 6.25. The number of anilines is 3. The summed E-state index contributed by atoms with van der Waals surface area (Å²) in [5, 5.41) is 20.7. The summed E-state index contributed by atoms with van der Waals surface area (Å²) in [5.74, 6) is 0.988. The SMILES string of the molecule is O=[N+]([O-])c1cccc(Nc2ncnc3cnc(NC4CCNCC4)nc23)c1. The third-order valence-electron chi connectivity index (χ3n) is 4.37. The Balaban J connectivity index is 1.63. The topological polar surface area (TPSA) is 131 Å². The van der Waals surface area contributed by atoms with Crippen LogP contribution in [0.15, 0.2) is 36.8 Å². The molecule has 2 aromatic heterocycles. The van der Waals surface area contributed by atoms with Gasteiger partial charge in [0.2, 0.25) is 5.95 Å². The molecule has 1 aliphatic heterocycles. The van der Waals surface area contributed by atoms with Crippen molar-refractivity contribution in [1.29, 1.82) is 0 Å². The first kappa shape index (κ1) is 17.0. The molecule has 1 saturated heterocycles. The van der Waals surface area contributed by atoms with Gasteiger partial charge in [0, 0.05) is 23.9 Å². The van der Waals surface area contributed by atoms with Crippen LogP contribution in [0.5, 0.6) is 0 Å². The zero-order chi connectivity index (χ0) is 18.6. The minimum atomic E-state index is -0.438. The van der Waals surface area contributed by atoms with Gasteiger partial charge < -0.3 is 16.0 Å². The molecule has 10 nitrogen and oxygen atoms in total. The molecule has 0 aliphatic carbocycles. The summed E-state index contributed by atoms with van der Waals surface area (Å²) in [4.78, 5) is 27.9. The van der Waals surface area contributed by atoms with Crippen molar-refractivity contribution in [2.75, 3.05) is 23.7 Å². The first-order valence-electron chi connectivity index (χ1n) is 8.65. The van der Waals surface area contributed by atoms with Gasteiger partial charge in [-0.1, -0.05) is 6.07 Å². The van der Waals surface area contributed by atoms with E-state index in [1.807, 2.05) is 0 Å². The first-order chi connectivity index (χ1) is 13.2. The maximum absolute atomic E-state index is 11.0. The van der Waals surface area contributed by atoms with Crippen LogP contribution in [-0.4, -0.2) is 44.0 Å². The van der Waals surface area contributed by atoms with Crippen molar-refractivity contribution in [1.82, 2.24) is 25.3 Å². The highest BCUT2D eigenvalue weighted by molar-refractivity contribution is 5.87. The van der Waals surface area contributed by atoms with Gasteiger partial charge in [0.05, 0.1) is 11.1 Å². The smallest absolute Gasteiger partial charge is 0.271 e. The Morgan fingerprint density at radius 1 is 1.19 bits per heavy atom. The van der Waals surface area contributed by atoms with Gasteiger partial charge in [-0.2, -0.15) is 0 Å². The number of hydrogen-bond acceptors (Lipinski definition) is 9. The number of benzene rings is 1. The molecule has 4 rings (SSSR count). The minimum absolute atomic E-state index is 0.00116. The third-order valence-corrected chi connectivity index (χ3v) is 4.37. The summed E-state index contributed by atoms with van der Waals surface area (Å²) in [7, 11) is 0. The summed E-state index contributed by atoms with van der Waals surface area (Å²) >= 11 is 0. The van der Waals surface area contributed by atoms with Crippen LogP contribution in [0.25, 0.3) is 11.0 Å². The van der Waals surface area contributed by atoms with Gasteiger partial charge in [-0.25, -0.2) is 19.9 Å². The van der Waals surface area contributed by atoms with E-state index in [-0.39, 0.29) is 5.69 Å². The van der Waals surface area contributed by atoms with Crippen molar-refractivity contribution in [3.63, 3.8) is 0 Å². The van der Waals surface area contributed by atoms with E-state index in [0.717, 1.165) is 25.9 Å². The maximum Gasteiger partial charge on any atom is 0.271 e. The van der Waals surface area contributed by atoms with Crippen LogP contribution in [0.2, 0.25) is 0 Å². The summed E-state index contributed by atoms with van der Waals surface area (Å²) in [6, 6.07) is 6.55. The second kappa shape index (κ2) is 7.46. The fourth-order valence-electron chi connectivity index (χ4n) is 3.00. The highest BCUT2D eigenvalue weighted by atomic mass is 16.6. The van der Waals surface area contributed by atoms with Crippen LogP contribution in [0, 0.1) is 10.1 Å². The van der Waals surface area contributed by atoms with Crippen molar-refractivity contribution < 1.29 is 4.92 Å². The van der Waals surface area contributed by atoms with Crippen LogP contribution in [-0.2, 0) is 0 Å². The van der Waals surface area contributed by atoms with Crippen molar-refractivity contribution >= 4 is 34.2 Å². The molecule has 1 fully saturated rings. The lowest BCUT2D eigenvalue weighted by molar-refractivity contribution is -0.384. The number of piperidine rings is 1. The van der Waals surface area contributed by atoms with Gasteiger partial charge in [-0.15, -0.1) is 0 Å². The van der Waals surface area contributed by atoms with Gasteiger partial charge in [0.25, 0.3) is 5.69 Å².